The fourth-order valence-corrected chi connectivity index (χ4v) is 4.81. The zero-order chi connectivity index (χ0) is 27.4. The van der Waals surface area contributed by atoms with Gasteiger partial charge < -0.3 is 20.5 Å². The molecule has 1 aliphatic rings. The number of nitrogens with zero attached hydrogens (tertiary/aromatic N) is 4. The van der Waals surface area contributed by atoms with E-state index in [4.69, 9.17) is 0 Å². The average molecular weight is 546 g/mol. The van der Waals surface area contributed by atoms with Crippen molar-refractivity contribution in [3.8, 4) is 0 Å². The Morgan fingerprint density at radius 1 is 1.05 bits per heavy atom. The minimum atomic E-state index is -4.44. The predicted molar refractivity (Wildman–Crippen MR) is 138 cm³/mol. The van der Waals surface area contributed by atoms with Crippen molar-refractivity contribution >= 4 is 22.8 Å². The first-order valence-corrected chi connectivity index (χ1v) is 12.8. The van der Waals surface area contributed by atoms with Crippen LogP contribution in [0.2, 0.25) is 0 Å². The molecule has 0 amide bonds. The molecular formula is C27H28F5N7. The van der Waals surface area contributed by atoms with Crippen molar-refractivity contribution in [2.75, 3.05) is 23.7 Å². The monoisotopic (exact) mass is 545 g/mol. The summed E-state index contributed by atoms with van der Waals surface area (Å²) < 4.78 is 69.9. The molecule has 0 aliphatic carbocycles. The number of piperidine rings is 1. The Bertz CT molecular complexity index is 1400. The Morgan fingerprint density at radius 3 is 2.59 bits per heavy atom. The van der Waals surface area contributed by atoms with Gasteiger partial charge in [-0.05, 0) is 61.7 Å². The molecule has 1 saturated heterocycles. The van der Waals surface area contributed by atoms with Gasteiger partial charge in [0.1, 0.15) is 11.3 Å². The largest absolute Gasteiger partial charge is 0.391 e. The summed E-state index contributed by atoms with van der Waals surface area (Å²) in [7, 11) is 0. The average Bonchev–Trinajstić information content (AvgIpc) is 3.27. The van der Waals surface area contributed by atoms with Crippen molar-refractivity contribution in [2.45, 2.75) is 44.6 Å². The molecule has 39 heavy (non-hydrogen) atoms. The molecule has 1 fully saturated rings. The summed E-state index contributed by atoms with van der Waals surface area (Å²) in [4.78, 5) is 13.4. The number of alkyl halides is 3. The van der Waals surface area contributed by atoms with Crippen LogP contribution in [0.5, 0.6) is 0 Å². The Kier molecular flexibility index (Phi) is 7.92. The highest BCUT2D eigenvalue weighted by Gasteiger charge is 2.36. The number of benzene rings is 2. The molecule has 206 valence electrons. The lowest BCUT2D eigenvalue weighted by Gasteiger charge is -2.26. The van der Waals surface area contributed by atoms with E-state index in [2.05, 4.69) is 30.9 Å². The lowest BCUT2D eigenvalue weighted by molar-refractivity contribution is -0.137. The van der Waals surface area contributed by atoms with Gasteiger partial charge in [-0.15, -0.1) is 0 Å². The van der Waals surface area contributed by atoms with E-state index in [0.717, 1.165) is 38.1 Å². The van der Waals surface area contributed by atoms with Gasteiger partial charge in [0, 0.05) is 18.8 Å². The number of imidazole rings is 1. The van der Waals surface area contributed by atoms with Gasteiger partial charge in [0.05, 0.1) is 18.7 Å². The lowest BCUT2D eigenvalue weighted by Crippen LogP contribution is -2.33. The van der Waals surface area contributed by atoms with Crippen LogP contribution in [0, 0.1) is 17.6 Å². The van der Waals surface area contributed by atoms with Crippen molar-refractivity contribution in [3.63, 3.8) is 0 Å². The van der Waals surface area contributed by atoms with E-state index in [0.29, 0.717) is 29.0 Å². The van der Waals surface area contributed by atoms with Gasteiger partial charge in [-0.2, -0.15) is 18.2 Å². The Hall–Kier alpha value is -3.80. The zero-order valence-corrected chi connectivity index (χ0v) is 21.0. The van der Waals surface area contributed by atoms with Gasteiger partial charge in [0.25, 0.3) is 0 Å². The van der Waals surface area contributed by atoms with Crippen LogP contribution in [-0.2, 0) is 13.1 Å². The van der Waals surface area contributed by atoms with Crippen LogP contribution in [0.4, 0.5) is 33.6 Å². The number of nitrogens with one attached hydrogen (secondary N) is 3. The summed E-state index contributed by atoms with van der Waals surface area (Å²) >= 11 is 0. The maximum absolute atomic E-state index is 13.7. The van der Waals surface area contributed by atoms with Crippen molar-refractivity contribution in [2.24, 2.45) is 5.92 Å². The Labute approximate surface area is 221 Å². The quantitative estimate of drug-likeness (QED) is 0.230. The minimum Gasteiger partial charge on any atom is -0.375 e. The van der Waals surface area contributed by atoms with Crippen LogP contribution in [-0.4, -0.2) is 38.8 Å². The maximum Gasteiger partial charge on any atom is 0.391 e. The number of fused-ring (bicyclic) bond motifs is 1. The summed E-state index contributed by atoms with van der Waals surface area (Å²) in [6.07, 6.45) is -2.21. The van der Waals surface area contributed by atoms with Gasteiger partial charge in [0.15, 0.2) is 17.3 Å². The third-order valence-electron chi connectivity index (χ3n) is 6.65. The smallest absolute Gasteiger partial charge is 0.375 e. The fourth-order valence-electron chi connectivity index (χ4n) is 4.81. The fraction of sp³-hybridized carbons (Fsp3) is 0.370. The molecule has 7 nitrogen and oxygen atoms in total. The van der Waals surface area contributed by atoms with E-state index in [-0.39, 0.29) is 24.2 Å². The predicted octanol–water partition coefficient (Wildman–Crippen LogP) is 5.82. The van der Waals surface area contributed by atoms with E-state index in [1.165, 1.54) is 12.3 Å². The van der Waals surface area contributed by atoms with Crippen LogP contribution >= 0.6 is 0 Å². The van der Waals surface area contributed by atoms with Crippen molar-refractivity contribution in [1.82, 2.24) is 24.8 Å². The van der Waals surface area contributed by atoms with E-state index < -0.39 is 30.3 Å². The second-order valence-corrected chi connectivity index (χ2v) is 9.68. The second kappa shape index (κ2) is 11.5. The van der Waals surface area contributed by atoms with E-state index >= 15 is 0 Å². The number of para-hydroxylation sites is 1. The normalized spacial score (nSPS) is 16.8. The van der Waals surface area contributed by atoms with Gasteiger partial charge in [-0.25, -0.2) is 18.7 Å². The Morgan fingerprint density at radius 2 is 1.87 bits per heavy atom. The minimum absolute atomic E-state index is 0.127. The van der Waals surface area contributed by atoms with Gasteiger partial charge >= 0.3 is 6.18 Å². The molecular weight excluding hydrogens is 517 g/mol. The molecule has 2 unspecified atom stereocenters. The molecule has 0 radical (unpaired) electrons. The first-order chi connectivity index (χ1) is 18.7. The molecule has 0 bridgehead atoms. The zero-order valence-electron chi connectivity index (χ0n) is 21.0. The maximum atomic E-state index is 13.7. The van der Waals surface area contributed by atoms with Crippen molar-refractivity contribution in [1.29, 1.82) is 0 Å². The number of hydrogen-bond donors (Lipinski definition) is 3. The van der Waals surface area contributed by atoms with Crippen molar-refractivity contribution < 1.29 is 22.0 Å². The van der Waals surface area contributed by atoms with E-state index in [9.17, 15) is 22.0 Å². The summed E-state index contributed by atoms with van der Waals surface area (Å²) in [6, 6.07) is 11.1. The molecule has 12 heteroatoms. The molecule has 4 aromatic rings. The number of rotatable bonds is 9. The first kappa shape index (κ1) is 26.8. The van der Waals surface area contributed by atoms with E-state index in [1.807, 2.05) is 0 Å². The molecule has 0 saturated carbocycles. The lowest BCUT2D eigenvalue weighted by atomic mass is 9.99. The number of anilines is 2. The van der Waals surface area contributed by atoms with Crippen LogP contribution in [0.25, 0.3) is 11.2 Å². The van der Waals surface area contributed by atoms with Crippen LogP contribution < -0.4 is 16.0 Å². The topological polar surface area (TPSA) is 79.7 Å². The molecule has 0 spiro atoms. The molecule has 3 N–H and O–H groups in total. The molecule has 3 heterocycles. The summed E-state index contributed by atoms with van der Waals surface area (Å²) in [5, 5.41) is 9.35. The highest BCUT2D eigenvalue weighted by molar-refractivity contribution is 5.72. The molecule has 5 rings (SSSR count). The van der Waals surface area contributed by atoms with Gasteiger partial charge in [0.2, 0.25) is 5.95 Å². The summed E-state index contributed by atoms with van der Waals surface area (Å²) in [5.74, 6) is -1.29. The third kappa shape index (κ3) is 6.80. The molecule has 1 aliphatic heterocycles. The highest BCUT2D eigenvalue weighted by atomic mass is 19.4. The molecule has 2 aromatic heterocycles. The number of halogens is 5. The van der Waals surface area contributed by atoms with Gasteiger partial charge in [-0.3, -0.25) is 0 Å². The summed E-state index contributed by atoms with van der Waals surface area (Å²) in [6.45, 7) is 2.20. The third-order valence-corrected chi connectivity index (χ3v) is 6.65. The Balaban J connectivity index is 1.50. The number of hydrogen-bond acceptors (Lipinski definition) is 6. The van der Waals surface area contributed by atoms with Crippen LogP contribution in [0.1, 0.15) is 36.7 Å². The van der Waals surface area contributed by atoms with E-state index in [1.54, 1.807) is 34.9 Å². The first-order valence-electron chi connectivity index (χ1n) is 12.8. The second-order valence-electron chi connectivity index (χ2n) is 9.68. The summed E-state index contributed by atoms with van der Waals surface area (Å²) in [5.41, 5.74) is 1.80. The van der Waals surface area contributed by atoms with Crippen LogP contribution in [0.3, 0.4) is 0 Å². The van der Waals surface area contributed by atoms with Crippen LogP contribution in [0.15, 0.2) is 54.7 Å². The standard InChI is InChI=1S/C27H28F5N7/c28-20-9-8-17(11-21(20)29)14-34-26-35-15-23-25(38-26)39(16-18-5-4-10-33-13-18)24(37-23)22(12-27(30,31)32)36-19-6-2-1-3-7-19/h1-3,6-9,11,15,18,22,33,36H,4-5,10,12-14,16H2,(H,34,35,38). The van der Waals surface area contributed by atoms with Crippen molar-refractivity contribution in [3.05, 3.63) is 77.8 Å². The molecule has 2 atom stereocenters. The SMILES string of the molecule is Fc1ccc(CNc2ncc3nc(C(CC(F)(F)F)Nc4ccccc4)n(CC4CCCNC4)c3n2)cc1F. The highest BCUT2D eigenvalue weighted by Crippen LogP contribution is 2.34. The van der Waals surface area contributed by atoms with Gasteiger partial charge in [-0.1, -0.05) is 24.3 Å². The molecule has 2 aromatic carbocycles. The number of aromatic nitrogens is 4.